The van der Waals surface area contributed by atoms with Crippen LogP contribution in [-0.4, -0.2) is 38.3 Å². The van der Waals surface area contributed by atoms with Crippen LogP contribution in [0.25, 0.3) is 0 Å². The monoisotopic (exact) mass is 374 g/mol. The molecule has 0 unspecified atom stereocenters. The van der Waals surface area contributed by atoms with Gasteiger partial charge in [0.2, 0.25) is 0 Å². The minimum absolute atomic E-state index is 0.0315. The topological polar surface area (TPSA) is 94.8 Å². The molecule has 0 bridgehead atoms. The van der Waals surface area contributed by atoms with Gasteiger partial charge in [0, 0.05) is 24.2 Å². The van der Waals surface area contributed by atoms with Gasteiger partial charge in [0.1, 0.15) is 0 Å². The molecule has 0 amide bonds. The Morgan fingerprint density at radius 1 is 1.19 bits per heavy atom. The van der Waals surface area contributed by atoms with Crippen LogP contribution < -0.4 is 0 Å². The number of allylic oxidation sites excluding steroid dienone is 2. The van der Waals surface area contributed by atoms with Crippen LogP contribution in [-0.2, 0) is 9.59 Å². The van der Waals surface area contributed by atoms with E-state index in [-0.39, 0.29) is 30.5 Å². The standard InChI is InChI=1S/C22H30O5/c1-19-8-5-15(23)13-14(19)3-4-17-16-6-9-21(26,10-7-18(24)25)20(16,2)11-12-22(17,19)27/h3-4,13,16-17,26-27H,5-12H2,1-2H3,(H,24,25)/t16-,17-,19-,20-,21-,22+/m0/s1. The van der Waals surface area contributed by atoms with Crippen LogP contribution in [0.4, 0.5) is 0 Å². The summed E-state index contributed by atoms with van der Waals surface area (Å²) in [6, 6.07) is 0. The second-order valence-corrected chi connectivity index (χ2v) is 9.70. The molecule has 148 valence electrons. The maximum Gasteiger partial charge on any atom is 0.303 e. The summed E-state index contributed by atoms with van der Waals surface area (Å²) in [6.07, 6.45) is 9.72. The Bertz CT molecular complexity index is 754. The molecule has 4 rings (SSSR count). The fourth-order valence-corrected chi connectivity index (χ4v) is 6.78. The fraction of sp³-hybridized carbons (Fsp3) is 0.727. The van der Waals surface area contributed by atoms with E-state index in [1.54, 1.807) is 6.08 Å². The smallest absolute Gasteiger partial charge is 0.303 e. The summed E-state index contributed by atoms with van der Waals surface area (Å²) < 4.78 is 0. The Kier molecular flexibility index (Phi) is 4.04. The summed E-state index contributed by atoms with van der Waals surface area (Å²) in [5, 5.41) is 32.4. The molecule has 0 saturated heterocycles. The highest BCUT2D eigenvalue weighted by molar-refractivity contribution is 5.92. The zero-order valence-corrected chi connectivity index (χ0v) is 16.2. The predicted molar refractivity (Wildman–Crippen MR) is 99.9 cm³/mol. The maximum absolute atomic E-state index is 11.9. The average Bonchev–Trinajstić information content (AvgIpc) is 2.87. The Labute approximate surface area is 160 Å². The highest BCUT2D eigenvalue weighted by Crippen LogP contribution is 2.68. The molecule has 3 N–H and O–H groups in total. The van der Waals surface area contributed by atoms with Crippen LogP contribution in [0.3, 0.4) is 0 Å². The van der Waals surface area contributed by atoms with Gasteiger partial charge in [-0.1, -0.05) is 26.0 Å². The lowest BCUT2D eigenvalue weighted by Gasteiger charge is -2.61. The zero-order valence-electron chi connectivity index (χ0n) is 16.2. The van der Waals surface area contributed by atoms with E-state index < -0.39 is 28.0 Å². The number of aliphatic hydroxyl groups is 2. The Hall–Kier alpha value is -1.46. The van der Waals surface area contributed by atoms with Gasteiger partial charge in [-0.15, -0.1) is 0 Å². The van der Waals surface area contributed by atoms with E-state index >= 15 is 0 Å². The van der Waals surface area contributed by atoms with Crippen LogP contribution in [0.15, 0.2) is 23.8 Å². The van der Waals surface area contributed by atoms with Gasteiger partial charge in [0.25, 0.3) is 0 Å². The molecule has 2 fully saturated rings. The van der Waals surface area contributed by atoms with Gasteiger partial charge < -0.3 is 15.3 Å². The molecule has 2 saturated carbocycles. The average molecular weight is 374 g/mol. The lowest BCUT2D eigenvalue weighted by atomic mass is 9.45. The van der Waals surface area contributed by atoms with Gasteiger partial charge in [-0.05, 0) is 61.5 Å². The third-order valence-electron chi connectivity index (χ3n) is 8.78. The van der Waals surface area contributed by atoms with Crippen molar-refractivity contribution in [2.45, 2.75) is 76.4 Å². The third kappa shape index (κ3) is 2.37. The van der Waals surface area contributed by atoms with Crippen molar-refractivity contribution in [1.29, 1.82) is 0 Å². The third-order valence-corrected chi connectivity index (χ3v) is 8.78. The highest BCUT2D eigenvalue weighted by atomic mass is 16.4. The van der Waals surface area contributed by atoms with Crippen molar-refractivity contribution in [3.63, 3.8) is 0 Å². The first-order chi connectivity index (χ1) is 12.6. The van der Waals surface area contributed by atoms with Crippen molar-refractivity contribution in [3.8, 4) is 0 Å². The number of carbonyl (C=O) groups excluding carboxylic acids is 1. The van der Waals surface area contributed by atoms with Crippen molar-refractivity contribution in [2.75, 3.05) is 0 Å². The number of rotatable bonds is 3. The van der Waals surface area contributed by atoms with E-state index in [4.69, 9.17) is 5.11 Å². The Balaban J connectivity index is 1.71. The summed E-state index contributed by atoms with van der Waals surface area (Å²) in [7, 11) is 0. The quantitative estimate of drug-likeness (QED) is 0.706. The van der Waals surface area contributed by atoms with E-state index in [0.717, 1.165) is 12.0 Å². The largest absolute Gasteiger partial charge is 0.481 e. The minimum atomic E-state index is -0.995. The Morgan fingerprint density at radius 3 is 2.63 bits per heavy atom. The second kappa shape index (κ2) is 5.77. The molecular formula is C22H30O5. The van der Waals surface area contributed by atoms with Gasteiger partial charge in [0.05, 0.1) is 11.2 Å². The van der Waals surface area contributed by atoms with Gasteiger partial charge >= 0.3 is 5.97 Å². The number of ketones is 1. The van der Waals surface area contributed by atoms with E-state index in [0.29, 0.717) is 32.1 Å². The van der Waals surface area contributed by atoms with Gasteiger partial charge in [-0.2, -0.15) is 0 Å². The lowest BCUT2D eigenvalue weighted by molar-refractivity contribution is -0.190. The number of aliphatic carboxylic acids is 1. The number of hydrogen-bond donors (Lipinski definition) is 3. The van der Waals surface area contributed by atoms with Crippen molar-refractivity contribution in [2.24, 2.45) is 22.7 Å². The van der Waals surface area contributed by atoms with E-state index in [2.05, 4.69) is 19.9 Å². The van der Waals surface area contributed by atoms with Crippen molar-refractivity contribution in [1.82, 2.24) is 0 Å². The summed E-state index contributed by atoms with van der Waals surface area (Å²) >= 11 is 0. The summed E-state index contributed by atoms with van der Waals surface area (Å²) in [6.45, 7) is 4.16. The van der Waals surface area contributed by atoms with Crippen LogP contribution >= 0.6 is 0 Å². The Morgan fingerprint density at radius 2 is 1.93 bits per heavy atom. The van der Waals surface area contributed by atoms with Gasteiger partial charge in [-0.3, -0.25) is 9.59 Å². The number of carboxylic acid groups (broad SMARTS) is 1. The first-order valence-corrected chi connectivity index (χ1v) is 10.2. The molecule has 0 heterocycles. The molecule has 4 aliphatic rings. The molecule has 5 nitrogen and oxygen atoms in total. The van der Waals surface area contributed by atoms with Gasteiger partial charge in [-0.25, -0.2) is 0 Å². The van der Waals surface area contributed by atoms with Crippen molar-refractivity contribution < 1.29 is 24.9 Å². The normalized spacial score (nSPS) is 48.4. The van der Waals surface area contributed by atoms with Crippen LogP contribution in [0, 0.1) is 22.7 Å². The molecule has 0 spiro atoms. The molecule has 0 aromatic carbocycles. The number of carbonyl (C=O) groups is 2. The van der Waals surface area contributed by atoms with Gasteiger partial charge in [0.15, 0.2) is 5.78 Å². The maximum atomic E-state index is 11.9. The van der Waals surface area contributed by atoms with Crippen LogP contribution in [0.2, 0.25) is 0 Å². The summed E-state index contributed by atoms with van der Waals surface area (Å²) in [5.74, 6) is -0.721. The second-order valence-electron chi connectivity index (χ2n) is 9.70. The molecular weight excluding hydrogens is 344 g/mol. The van der Waals surface area contributed by atoms with E-state index in [9.17, 15) is 19.8 Å². The molecule has 0 aliphatic heterocycles. The molecule has 4 aliphatic carbocycles. The van der Waals surface area contributed by atoms with E-state index in [1.165, 1.54) is 0 Å². The molecule has 0 aromatic rings. The molecule has 5 heteroatoms. The fourth-order valence-electron chi connectivity index (χ4n) is 6.78. The lowest BCUT2D eigenvalue weighted by Crippen LogP contribution is -2.63. The first kappa shape index (κ1) is 18.9. The number of hydrogen-bond acceptors (Lipinski definition) is 4. The van der Waals surface area contributed by atoms with Crippen LogP contribution in [0.1, 0.15) is 65.2 Å². The van der Waals surface area contributed by atoms with Crippen LogP contribution in [0.5, 0.6) is 0 Å². The first-order valence-electron chi connectivity index (χ1n) is 10.2. The SMILES string of the molecule is C[C@]12CCC(=O)C=C1C=C[C@H]1[C@@H]3CC[C@](O)(CCC(=O)O)[C@@]3(C)CC[C@@]12O. The highest BCUT2D eigenvalue weighted by Gasteiger charge is 2.67. The molecule has 0 aromatic heterocycles. The van der Waals surface area contributed by atoms with Crippen molar-refractivity contribution >= 4 is 11.8 Å². The minimum Gasteiger partial charge on any atom is -0.481 e. The molecule has 27 heavy (non-hydrogen) atoms. The summed E-state index contributed by atoms with van der Waals surface area (Å²) in [5.41, 5.74) is -1.82. The predicted octanol–water partition coefficient (Wildman–Crippen LogP) is 3.01. The van der Waals surface area contributed by atoms with E-state index in [1.807, 2.05) is 6.08 Å². The molecule has 6 atom stereocenters. The van der Waals surface area contributed by atoms with Crippen molar-refractivity contribution in [3.05, 3.63) is 23.8 Å². The summed E-state index contributed by atoms with van der Waals surface area (Å²) in [4.78, 5) is 23.0. The number of fused-ring (bicyclic) bond motifs is 5. The number of carboxylic acids is 1. The molecule has 0 radical (unpaired) electrons. The zero-order chi connectivity index (χ0) is 19.7.